The van der Waals surface area contributed by atoms with E-state index in [0.717, 1.165) is 17.1 Å². The van der Waals surface area contributed by atoms with Gasteiger partial charge in [-0.05, 0) is 92.2 Å². The molecule has 1 heterocycles. The summed E-state index contributed by atoms with van der Waals surface area (Å²) >= 11 is 0. The van der Waals surface area contributed by atoms with Gasteiger partial charge < -0.3 is 4.74 Å². The Labute approximate surface area is 251 Å². The quantitative estimate of drug-likeness (QED) is 0.213. The predicted molar refractivity (Wildman–Crippen MR) is 178 cm³/mol. The Morgan fingerprint density at radius 2 is 1.05 bits per heavy atom. The average molecular weight is 549 g/mol. The van der Waals surface area contributed by atoms with Crippen LogP contribution in [0, 0.1) is 0 Å². The maximum atomic E-state index is 6.33. The average Bonchev–Trinajstić information content (AvgIpc) is 3.34. The zero-order valence-electron chi connectivity index (χ0n) is 23.8. The fourth-order valence-electron chi connectivity index (χ4n) is 7.35. The molecule has 9 rings (SSSR count). The summed E-state index contributed by atoms with van der Waals surface area (Å²) in [7, 11) is 0. The molecule has 7 aromatic rings. The maximum absolute atomic E-state index is 6.33. The van der Waals surface area contributed by atoms with Gasteiger partial charge in [-0.25, -0.2) is 0 Å². The van der Waals surface area contributed by atoms with E-state index >= 15 is 0 Å². The topological polar surface area (TPSA) is 9.23 Å². The van der Waals surface area contributed by atoms with Crippen molar-refractivity contribution >= 4 is 10.8 Å². The molecular weight excluding hydrogens is 520 g/mol. The minimum Gasteiger partial charge on any atom is -0.456 e. The summed E-state index contributed by atoms with van der Waals surface area (Å²) in [5, 5.41) is 2.39. The molecule has 202 valence electrons. The van der Waals surface area contributed by atoms with Gasteiger partial charge in [-0.1, -0.05) is 127 Å². The molecule has 1 heteroatoms. The Kier molecular flexibility index (Phi) is 5.10. The Bertz CT molecular complexity index is 2200. The van der Waals surface area contributed by atoms with Crippen LogP contribution in [0.2, 0.25) is 0 Å². The van der Waals surface area contributed by atoms with Crippen LogP contribution < -0.4 is 4.74 Å². The Morgan fingerprint density at radius 3 is 1.86 bits per heavy atom. The van der Waals surface area contributed by atoms with Gasteiger partial charge >= 0.3 is 0 Å². The van der Waals surface area contributed by atoms with Gasteiger partial charge in [0.2, 0.25) is 0 Å². The summed E-state index contributed by atoms with van der Waals surface area (Å²) in [6, 6.07) is 55.1. The minimum atomic E-state index is -0.199. The first-order chi connectivity index (χ1) is 21.2. The second kappa shape index (κ2) is 9.05. The van der Waals surface area contributed by atoms with E-state index in [9.17, 15) is 0 Å². The molecule has 0 radical (unpaired) electrons. The number of ether oxygens (including phenoxy) is 1. The third-order valence-electron chi connectivity index (χ3n) is 9.57. The monoisotopic (exact) mass is 548 g/mol. The van der Waals surface area contributed by atoms with Crippen LogP contribution in [-0.4, -0.2) is 0 Å². The van der Waals surface area contributed by atoms with Crippen molar-refractivity contribution in [1.29, 1.82) is 0 Å². The summed E-state index contributed by atoms with van der Waals surface area (Å²) < 4.78 is 6.33. The lowest BCUT2D eigenvalue weighted by Crippen LogP contribution is -2.22. The summed E-state index contributed by atoms with van der Waals surface area (Å²) in [6.45, 7) is 2.37. The summed E-state index contributed by atoms with van der Waals surface area (Å²) in [6.07, 6.45) is 0. The number of hydrogen-bond acceptors (Lipinski definition) is 1. The lowest BCUT2D eigenvalue weighted by atomic mass is 9.74. The van der Waals surface area contributed by atoms with Crippen molar-refractivity contribution in [3.63, 3.8) is 0 Å². The Balaban J connectivity index is 1.10. The number of benzene rings is 7. The maximum Gasteiger partial charge on any atom is 0.135 e. The van der Waals surface area contributed by atoms with Crippen molar-refractivity contribution in [3.05, 3.63) is 168 Å². The van der Waals surface area contributed by atoms with Gasteiger partial charge in [0, 0.05) is 16.4 Å². The fraction of sp³-hybridized carbons (Fsp3) is 0.0476. The molecule has 1 unspecified atom stereocenters. The second-order valence-electron chi connectivity index (χ2n) is 11.8. The van der Waals surface area contributed by atoms with Crippen LogP contribution in [0.3, 0.4) is 0 Å². The highest BCUT2D eigenvalue weighted by molar-refractivity contribution is 6.04. The van der Waals surface area contributed by atoms with Gasteiger partial charge in [0.1, 0.15) is 11.5 Å². The number of fused-ring (bicyclic) bond motifs is 5. The number of hydrogen-bond donors (Lipinski definition) is 0. The van der Waals surface area contributed by atoms with Crippen LogP contribution in [0.1, 0.15) is 23.6 Å². The fourth-order valence-corrected chi connectivity index (χ4v) is 7.35. The molecule has 1 nitrogen and oxygen atoms in total. The Hall–Kier alpha value is -5.40. The minimum absolute atomic E-state index is 0.199. The first-order valence-corrected chi connectivity index (χ1v) is 14.9. The van der Waals surface area contributed by atoms with Crippen molar-refractivity contribution < 1.29 is 4.74 Å². The van der Waals surface area contributed by atoms with Crippen molar-refractivity contribution in [2.24, 2.45) is 0 Å². The standard InChI is InChI=1S/C42H28O/c1-42(32-11-3-2-4-12-32)37-15-6-5-13-33(37)34-23-21-31(26-38(34)42)28-19-17-27(18-20-28)30-22-24-39-36(25-30)35-14-7-9-29-10-8-16-40(43-39)41(29)35/h2-26H,1H3. The van der Waals surface area contributed by atoms with Gasteiger partial charge in [0.05, 0.1) is 0 Å². The first-order valence-electron chi connectivity index (χ1n) is 14.9. The largest absolute Gasteiger partial charge is 0.456 e. The van der Waals surface area contributed by atoms with Gasteiger partial charge in [-0.2, -0.15) is 0 Å². The van der Waals surface area contributed by atoms with E-state index in [1.54, 1.807) is 0 Å². The Morgan fingerprint density at radius 1 is 0.419 bits per heavy atom. The van der Waals surface area contributed by atoms with Crippen LogP contribution >= 0.6 is 0 Å². The number of rotatable bonds is 3. The van der Waals surface area contributed by atoms with Crippen LogP contribution in [0.25, 0.3) is 55.3 Å². The van der Waals surface area contributed by atoms with Crippen molar-refractivity contribution in [2.45, 2.75) is 12.3 Å². The van der Waals surface area contributed by atoms with Crippen molar-refractivity contribution in [3.8, 4) is 56.0 Å². The molecule has 43 heavy (non-hydrogen) atoms. The van der Waals surface area contributed by atoms with E-state index in [-0.39, 0.29) is 5.41 Å². The molecule has 7 aromatic carbocycles. The zero-order chi connectivity index (χ0) is 28.5. The van der Waals surface area contributed by atoms with E-state index in [1.807, 2.05) is 0 Å². The third kappa shape index (κ3) is 3.52. The molecule has 0 saturated carbocycles. The van der Waals surface area contributed by atoms with Crippen LogP contribution in [0.5, 0.6) is 11.5 Å². The van der Waals surface area contributed by atoms with Crippen LogP contribution in [0.4, 0.5) is 0 Å². The molecule has 1 aliphatic heterocycles. The van der Waals surface area contributed by atoms with Gasteiger partial charge in [0.15, 0.2) is 0 Å². The van der Waals surface area contributed by atoms with E-state index in [1.165, 1.54) is 66.4 Å². The normalized spacial score (nSPS) is 15.8. The molecule has 0 fully saturated rings. The van der Waals surface area contributed by atoms with Crippen molar-refractivity contribution in [2.75, 3.05) is 0 Å². The van der Waals surface area contributed by atoms with E-state index in [0.29, 0.717) is 0 Å². The summed E-state index contributed by atoms with van der Waals surface area (Å²) in [4.78, 5) is 0. The van der Waals surface area contributed by atoms with Crippen LogP contribution in [0.15, 0.2) is 152 Å². The predicted octanol–water partition coefficient (Wildman–Crippen LogP) is 11.3. The third-order valence-corrected chi connectivity index (χ3v) is 9.57. The van der Waals surface area contributed by atoms with Crippen molar-refractivity contribution in [1.82, 2.24) is 0 Å². The van der Waals surface area contributed by atoms with Gasteiger partial charge in [-0.3, -0.25) is 0 Å². The van der Waals surface area contributed by atoms with E-state index in [4.69, 9.17) is 4.74 Å². The highest BCUT2D eigenvalue weighted by Crippen LogP contribution is 2.53. The highest BCUT2D eigenvalue weighted by Gasteiger charge is 2.40. The van der Waals surface area contributed by atoms with E-state index < -0.39 is 0 Å². The zero-order valence-corrected chi connectivity index (χ0v) is 23.8. The van der Waals surface area contributed by atoms with Crippen LogP contribution in [-0.2, 0) is 5.41 Å². The SMILES string of the molecule is CC1(c2ccccc2)c2ccccc2-c2ccc(-c3ccc(-c4ccc5c(c4)-c4cccc6cccc(c46)O5)cc3)cc21. The molecule has 0 aromatic heterocycles. The summed E-state index contributed by atoms with van der Waals surface area (Å²) in [5.74, 6) is 1.84. The molecule has 2 aliphatic rings. The molecule has 0 spiro atoms. The lowest BCUT2D eigenvalue weighted by Gasteiger charge is -2.28. The summed E-state index contributed by atoms with van der Waals surface area (Å²) in [5.41, 5.74) is 13.7. The molecule has 1 aliphatic carbocycles. The molecule has 0 amide bonds. The first kappa shape index (κ1) is 24.2. The van der Waals surface area contributed by atoms with Gasteiger partial charge in [0.25, 0.3) is 0 Å². The molecule has 1 atom stereocenters. The van der Waals surface area contributed by atoms with Gasteiger partial charge in [-0.15, -0.1) is 0 Å². The molecule has 0 saturated heterocycles. The molecular formula is C42H28O. The lowest BCUT2D eigenvalue weighted by molar-refractivity contribution is 0.487. The highest BCUT2D eigenvalue weighted by atomic mass is 16.5. The second-order valence-corrected chi connectivity index (χ2v) is 11.8. The van der Waals surface area contributed by atoms with E-state index in [2.05, 4.69) is 159 Å². The molecule has 0 bridgehead atoms. The molecule has 0 N–H and O–H groups in total. The smallest absolute Gasteiger partial charge is 0.135 e.